The number of carbonyl (C=O) groups excluding carboxylic acids is 1. The van der Waals surface area contributed by atoms with Crippen LogP contribution in [-0.2, 0) is 22.1 Å². The quantitative estimate of drug-likeness (QED) is 0.403. The van der Waals surface area contributed by atoms with Gasteiger partial charge in [0.25, 0.3) is 0 Å². The molecule has 0 N–H and O–H groups in total. The highest BCUT2D eigenvalue weighted by Crippen LogP contribution is 2.41. The Morgan fingerprint density at radius 3 is 2.53 bits per heavy atom. The number of aromatic nitrogens is 2. The van der Waals surface area contributed by atoms with Gasteiger partial charge in [0.15, 0.2) is 8.32 Å². The van der Waals surface area contributed by atoms with Crippen LogP contribution in [-0.4, -0.2) is 47.1 Å². The van der Waals surface area contributed by atoms with Gasteiger partial charge >= 0.3 is 6.09 Å². The Hall–Kier alpha value is -1.83. The lowest BCUT2D eigenvalue weighted by Crippen LogP contribution is -2.45. The number of amides is 1. The molecule has 8 heteroatoms. The van der Waals surface area contributed by atoms with Crippen molar-refractivity contribution in [3.8, 4) is 0 Å². The van der Waals surface area contributed by atoms with Gasteiger partial charge in [-0.3, -0.25) is 4.90 Å². The fraction of sp³-hybridized carbons (Fsp3) is 0.615. The molecule has 2 heterocycles. The van der Waals surface area contributed by atoms with Crippen LogP contribution in [0.2, 0.25) is 23.2 Å². The van der Waals surface area contributed by atoms with Gasteiger partial charge in [-0.05, 0) is 63.0 Å². The lowest BCUT2D eigenvalue weighted by atomic mass is 10.1. The van der Waals surface area contributed by atoms with Crippen molar-refractivity contribution in [2.24, 2.45) is 0 Å². The van der Waals surface area contributed by atoms with Crippen molar-refractivity contribution < 1.29 is 14.0 Å². The number of aryl methyl sites for hydroxylation is 2. The number of hydrogen-bond acceptors (Lipinski definition) is 4. The number of hydrogen-bond donors (Lipinski definition) is 0. The maximum atomic E-state index is 13.2. The van der Waals surface area contributed by atoms with Gasteiger partial charge in [-0.2, -0.15) is 0 Å². The smallest absolute Gasteiger partial charge is 0.411 e. The first-order valence-corrected chi connectivity index (χ1v) is 15.4. The zero-order chi connectivity index (χ0) is 25.3. The van der Waals surface area contributed by atoms with Gasteiger partial charge in [-0.25, -0.2) is 9.78 Å². The molecular weight excluding hydrogens is 466 g/mol. The van der Waals surface area contributed by atoms with Crippen LogP contribution in [0.5, 0.6) is 0 Å². The molecule has 1 amide bonds. The summed E-state index contributed by atoms with van der Waals surface area (Å²) in [5, 5.41) is 0.831. The van der Waals surface area contributed by atoms with Crippen LogP contribution in [0.25, 0.3) is 0 Å². The predicted octanol–water partition coefficient (Wildman–Crippen LogP) is 6.85. The summed E-state index contributed by atoms with van der Waals surface area (Å²) in [5.41, 5.74) is 0.601. The monoisotopic (exact) mass is 505 g/mol. The number of carbonyl (C=O) groups is 1. The SMILES string of the molecule is CC(C)(C)OC(=O)N1C[C@H](O[Si](C)(C)C(C)(C)C)C[C@H]1c1nccn1CCc1cccc(Cl)c1. The standard InChI is InChI=1S/C26H40ClN3O3Si/c1-25(2,3)32-24(31)30-18-21(33-34(7,8)26(4,5)6)17-22(30)23-28-13-15-29(23)14-12-19-10-9-11-20(27)16-19/h9-11,13,15-16,21-22H,12,14,17-18H2,1-8H3/t21-,22+/m1/s1. The van der Waals surface area contributed by atoms with Crippen molar-refractivity contribution in [1.29, 1.82) is 0 Å². The summed E-state index contributed by atoms with van der Waals surface area (Å²) in [7, 11) is -1.99. The van der Waals surface area contributed by atoms with Gasteiger partial charge in [0, 0.05) is 36.9 Å². The number of ether oxygens (including phenoxy) is 1. The number of likely N-dealkylation sites (tertiary alicyclic amines) is 1. The summed E-state index contributed by atoms with van der Waals surface area (Å²) < 4.78 is 14.6. The highest BCUT2D eigenvalue weighted by Gasteiger charge is 2.45. The van der Waals surface area contributed by atoms with E-state index >= 15 is 0 Å². The molecule has 1 aromatic heterocycles. The Balaban J connectivity index is 1.83. The normalized spacial score (nSPS) is 19.5. The van der Waals surface area contributed by atoms with E-state index < -0.39 is 13.9 Å². The lowest BCUT2D eigenvalue weighted by molar-refractivity contribution is 0.0200. The van der Waals surface area contributed by atoms with Gasteiger partial charge in [0.2, 0.25) is 0 Å². The topological polar surface area (TPSA) is 56.6 Å². The Morgan fingerprint density at radius 2 is 1.91 bits per heavy atom. The average molecular weight is 506 g/mol. The van der Waals surface area contributed by atoms with Crippen molar-refractivity contribution in [2.45, 2.75) is 96.8 Å². The van der Waals surface area contributed by atoms with Crippen LogP contribution in [0.1, 0.15) is 65.4 Å². The summed E-state index contributed by atoms with van der Waals surface area (Å²) in [4.78, 5) is 19.7. The Kier molecular flexibility index (Phi) is 7.90. The van der Waals surface area contributed by atoms with Gasteiger partial charge in [-0.15, -0.1) is 0 Å². The van der Waals surface area contributed by atoms with Gasteiger partial charge in [0.1, 0.15) is 11.4 Å². The van der Waals surface area contributed by atoms with E-state index in [9.17, 15) is 4.79 Å². The van der Waals surface area contributed by atoms with Crippen molar-refractivity contribution in [3.05, 3.63) is 53.1 Å². The second kappa shape index (κ2) is 10.0. The van der Waals surface area contributed by atoms with Crippen molar-refractivity contribution in [2.75, 3.05) is 6.54 Å². The second-order valence-electron chi connectivity index (χ2n) is 11.7. The molecule has 188 valence electrons. The van der Waals surface area contributed by atoms with Crippen LogP contribution in [0.4, 0.5) is 4.79 Å². The minimum atomic E-state index is -1.99. The maximum absolute atomic E-state index is 13.2. The van der Waals surface area contributed by atoms with Gasteiger partial charge < -0.3 is 13.7 Å². The molecule has 0 radical (unpaired) electrons. The second-order valence-corrected chi connectivity index (χ2v) is 16.9. The zero-order valence-electron chi connectivity index (χ0n) is 21.9. The van der Waals surface area contributed by atoms with E-state index in [2.05, 4.69) is 49.5 Å². The van der Waals surface area contributed by atoms with Crippen LogP contribution in [0.15, 0.2) is 36.7 Å². The third-order valence-corrected chi connectivity index (χ3v) is 11.5. The minimum absolute atomic E-state index is 0.0449. The number of halogens is 1. The minimum Gasteiger partial charge on any atom is -0.444 e. The number of benzene rings is 1. The summed E-state index contributed by atoms with van der Waals surface area (Å²) in [6.07, 6.45) is 4.96. The van der Waals surface area contributed by atoms with E-state index in [1.165, 1.54) is 5.56 Å². The summed E-state index contributed by atoms with van der Waals surface area (Å²) in [6.45, 7) is 18.2. The largest absolute Gasteiger partial charge is 0.444 e. The average Bonchev–Trinajstić information content (AvgIpc) is 3.30. The van der Waals surface area contributed by atoms with E-state index in [0.717, 1.165) is 23.8 Å². The summed E-state index contributed by atoms with van der Waals surface area (Å²) >= 11 is 6.16. The molecule has 1 saturated heterocycles. The molecule has 2 atom stereocenters. The first-order chi connectivity index (χ1) is 15.7. The van der Waals surface area contributed by atoms with Crippen molar-refractivity contribution in [1.82, 2.24) is 14.5 Å². The first kappa shape index (κ1) is 26.8. The van der Waals surface area contributed by atoms with E-state index in [1.54, 1.807) is 4.90 Å². The maximum Gasteiger partial charge on any atom is 0.411 e. The fourth-order valence-electron chi connectivity index (χ4n) is 3.99. The molecule has 6 nitrogen and oxygen atoms in total. The van der Waals surface area contributed by atoms with E-state index in [1.807, 2.05) is 51.4 Å². The molecule has 34 heavy (non-hydrogen) atoms. The van der Waals surface area contributed by atoms with E-state index in [4.69, 9.17) is 20.8 Å². The van der Waals surface area contributed by atoms with E-state index in [0.29, 0.717) is 13.0 Å². The van der Waals surface area contributed by atoms with Gasteiger partial charge in [0.05, 0.1) is 12.1 Å². The molecule has 1 aliphatic rings. The van der Waals surface area contributed by atoms with E-state index in [-0.39, 0.29) is 23.3 Å². The molecule has 3 rings (SSSR count). The molecule has 0 aliphatic carbocycles. The highest BCUT2D eigenvalue weighted by molar-refractivity contribution is 6.74. The van der Waals surface area contributed by atoms with Crippen LogP contribution >= 0.6 is 11.6 Å². The molecule has 2 aromatic rings. The first-order valence-electron chi connectivity index (χ1n) is 12.1. The predicted molar refractivity (Wildman–Crippen MR) is 140 cm³/mol. The van der Waals surface area contributed by atoms with Crippen LogP contribution in [0.3, 0.4) is 0 Å². The molecule has 1 aromatic carbocycles. The number of rotatable bonds is 6. The molecular formula is C26H40ClN3O3Si. The molecule has 0 unspecified atom stereocenters. The molecule has 0 spiro atoms. The number of imidazole rings is 1. The Labute approximate surface area is 210 Å². The Bertz CT molecular complexity index is 994. The lowest BCUT2D eigenvalue weighted by Gasteiger charge is -2.38. The van der Waals surface area contributed by atoms with Crippen LogP contribution < -0.4 is 0 Å². The summed E-state index contributed by atoms with van der Waals surface area (Å²) in [5.74, 6) is 0.870. The molecule has 0 bridgehead atoms. The summed E-state index contributed by atoms with van der Waals surface area (Å²) in [6, 6.07) is 7.72. The third kappa shape index (κ3) is 6.64. The molecule has 1 aliphatic heterocycles. The van der Waals surface area contributed by atoms with Crippen molar-refractivity contribution in [3.63, 3.8) is 0 Å². The third-order valence-electron chi connectivity index (χ3n) is 6.73. The number of nitrogens with zero attached hydrogens (tertiary/aromatic N) is 3. The fourth-order valence-corrected chi connectivity index (χ4v) is 5.56. The Morgan fingerprint density at radius 1 is 1.21 bits per heavy atom. The highest BCUT2D eigenvalue weighted by atomic mass is 35.5. The van der Waals surface area contributed by atoms with Crippen molar-refractivity contribution >= 4 is 26.0 Å². The zero-order valence-corrected chi connectivity index (χ0v) is 23.6. The van der Waals surface area contributed by atoms with Crippen LogP contribution in [0, 0.1) is 0 Å². The molecule has 1 fully saturated rings. The van der Waals surface area contributed by atoms with Gasteiger partial charge in [-0.1, -0.05) is 44.5 Å². The molecule has 0 saturated carbocycles.